The van der Waals surface area contributed by atoms with Crippen LogP contribution in [0.3, 0.4) is 0 Å². The monoisotopic (exact) mass is 276 g/mol. The lowest BCUT2D eigenvalue weighted by molar-refractivity contribution is 0.262. The van der Waals surface area contributed by atoms with E-state index in [0.29, 0.717) is 16.4 Å². The largest absolute Gasteiger partial charge is 0.508 e. The Balaban J connectivity index is 2.05. The fourth-order valence-electron chi connectivity index (χ4n) is 1.64. The predicted octanol–water partition coefficient (Wildman–Crippen LogP) is 4.00. The van der Waals surface area contributed by atoms with Gasteiger partial charge in [-0.2, -0.15) is 0 Å². The zero-order valence-corrected chi connectivity index (χ0v) is 11.0. The highest BCUT2D eigenvalue weighted by atomic mass is 35.5. The van der Waals surface area contributed by atoms with E-state index in [1.165, 1.54) is 6.07 Å². The second-order valence-corrected chi connectivity index (χ2v) is 4.53. The van der Waals surface area contributed by atoms with Gasteiger partial charge in [-0.3, -0.25) is 0 Å². The first-order valence-electron chi connectivity index (χ1n) is 5.68. The topological polar surface area (TPSA) is 61.4 Å². The molecule has 98 valence electrons. The minimum Gasteiger partial charge on any atom is -0.508 e. The molecule has 4 nitrogen and oxygen atoms in total. The highest BCUT2D eigenvalue weighted by Gasteiger charge is 2.05. The number of nitrogens with one attached hydrogen (secondary N) is 2. The van der Waals surface area contributed by atoms with Gasteiger partial charge in [0.25, 0.3) is 0 Å². The van der Waals surface area contributed by atoms with Crippen LogP contribution in [0.15, 0.2) is 42.5 Å². The molecule has 0 aliphatic rings. The summed E-state index contributed by atoms with van der Waals surface area (Å²) >= 11 is 5.83. The number of carbonyl (C=O) groups excluding carboxylic acids is 1. The van der Waals surface area contributed by atoms with E-state index in [9.17, 15) is 9.90 Å². The second-order valence-electron chi connectivity index (χ2n) is 4.09. The number of phenols is 1. The molecule has 0 aliphatic carbocycles. The molecule has 0 aromatic heterocycles. The fraction of sp³-hybridized carbons (Fsp3) is 0.0714. The number of carbonyl (C=O) groups is 1. The molecule has 0 bridgehead atoms. The Bertz CT molecular complexity index is 614. The van der Waals surface area contributed by atoms with Crippen molar-refractivity contribution in [3.05, 3.63) is 53.1 Å². The maximum Gasteiger partial charge on any atom is 0.323 e. The van der Waals surface area contributed by atoms with Crippen LogP contribution in [-0.2, 0) is 0 Å². The van der Waals surface area contributed by atoms with Crippen molar-refractivity contribution in [3.8, 4) is 5.75 Å². The molecule has 0 radical (unpaired) electrons. The molecular formula is C14H13ClN2O2. The number of hydrogen-bond acceptors (Lipinski definition) is 2. The molecule has 2 aromatic carbocycles. The van der Waals surface area contributed by atoms with Gasteiger partial charge in [-0.1, -0.05) is 17.7 Å². The van der Waals surface area contributed by atoms with Gasteiger partial charge in [-0.25, -0.2) is 4.79 Å². The lowest BCUT2D eigenvalue weighted by Crippen LogP contribution is -2.19. The van der Waals surface area contributed by atoms with E-state index >= 15 is 0 Å². The van der Waals surface area contributed by atoms with Gasteiger partial charge in [0.15, 0.2) is 0 Å². The second kappa shape index (κ2) is 5.63. The Morgan fingerprint density at radius 3 is 2.63 bits per heavy atom. The van der Waals surface area contributed by atoms with Crippen LogP contribution in [0.5, 0.6) is 5.75 Å². The van der Waals surface area contributed by atoms with Gasteiger partial charge in [-0.05, 0) is 48.9 Å². The molecule has 0 heterocycles. The van der Waals surface area contributed by atoms with Gasteiger partial charge in [0.1, 0.15) is 5.75 Å². The number of halogens is 1. The highest BCUT2D eigenvalue weighted by Crippen LogP contribution is 2.20. The predicted molar refractivity (Wildman–Crippen MR) is 76.9 cm³/mol. The zero-order valence-electron chi connectivity index (χ0n) is 10.3. The van der Waals surface area contributed by atoms with Crippen LogP contribution < -0.4 is 10.6 Å². The number of aromatic hydroxyl groups is 1. The van der Waals surface area contributed by atoms with Crippen LogP contribution in [-0.4, -0.2) is 11.1 Å². The van der Waals surface area contributed by atoms with Gasteiger partial charge in [-0.15, -0.1) is 0 Å². The summed E-state index contributed by atoms with van der Waals surface area (Å²) in [4.78, 5) is 11.8. The van der Waals surface area contributed by atoms with Crippen LogP contribution >= 0.6 is 11.6 Å². The van der Waals surface area contributed by atoms with Crippen LogP contribution in [0.4, 0.5) is 16.2 Å². The lowest BCUT2D eigenvalue weighted by atomic mass is 10.2. The molecular weight excluding hydrogens is 264 g/mol. The van der Waals surface area contributed by atoms with Gasteiger partial charge < -0.3 is 15.7 Å². The lowest BCUT2D eigenvalue weighted by Gasteiger charge is -2.10. The van der Waals surface area contributed by atoms with Crippen molar-refractivity contribution in [2.45, 2.75) is 6.92 Å². The molecule has 5 heteroatoms. The molecule has 2 aromatic rings. The number of anilines is 2. The standard InChI is InChI=1S/C14H13ClN2O2/c1-9-7-12(18)5-6-13(9)17-14(19)16-11-4-2-3-10(15)8-11/h2-8,18H,1H3,(H2,16,17,19). The molecule has 0 aliphatic heterocycles. The van der Waals surface area contributed by atoms with E-state index in [1.807, 2.05) is 0 Å². The summed E-state index contributed by atoms with van der Waals surface area (Å²) in [7, 11) is 0. The third kappa shape index (κ3) is 3.63. The van der Waals surface area contributed by atoms with Crippen molar-refractivity contribution in [3.63, 3.8) is 0 Å². The van der Waals surface area contributed by atoms with Gasteiger partial charge in [0.2, 0.25) is 0 Å². The van der Waals surface area contributed by atoms with Gasteiger partial charge in [0, 0.05) is 16.4 Å². The van der Waals surface area contributed by atoms with Crippen LogP contribution in [0, 0.1) is 6.92 Å². The first-order chi connectivity index (χ1) is 9.04. The van der Waals surface area contributed by atoms with Crippen molar-refractivity contribution in [2.75, 3.05) is 10.6 Å². The average molecular weight is 277 g/mol. The van der Waals surface area contributed by atoms with E-state index in [-0.39, 0.29) is 11.8 Å². The molecule has 2 rings (SSSR count). The molecule has 19 heavy (non-hydrogen) atoms. The summed E-state index contributed by atoms with van der Waals surface area (Å²) in [5.74, 6) is 0.165. The van der Waals surface area contributed by atoms with Crippen molar-refractivity contribution >= 4 is 29.0 Å². The van der Waals surface area contributed by atoms with Crippen molar-refractivity contribution in [2.24, 2.45) is 0 Å². The Morgan fingerprint density at radius 1 is 1.16 bits per heavy atom. The van der Waals surface area contributed by atoms with Crippen LogP contribution in [0.1, 0.15) is 5.56 Å². The molecule has 0 saturated heterocycles. The Labute approximate surface area is 116 Å². The van der Waals surface area contributed by atoms with Crippen LogP contribution in [0.2, 0.25) is 5.02 Å². The maximum atomic E-state index is 11.8. The van der Waals surface area contributed by atoms with Crippen molar-refractivity contribution in [1.29, 1.82) is 0 Å². The Hall–Kier alpha value is -2.20. The van der Waals surface area contributed by atoms with E-state index < -0.39 is 0 Å². The molecule has 0 fully saturated rings. The summed E-state index contributed by atoms with van der Waals surface area (Å²) in [6.07, 6.45) is 0. The minimum atomic E-state index is -0.365. The Kier molecular flexibility index (Phi) is 3.92. The van der Waals surface area contributed by atoms with E-state index in [4.69, 9.17) is 11.6 Å². The smallest absolute Gasteiger partial charge is 0.323 e. The highest BCUT2D eigenvalue weighted by molar-refractivity contribution is 6.30. The molecule has 0 unspecified atom stereocenters. The number of rotatable bonds is 2. The normalized spacial score (nSPS) is 10.0. The summed E-state index contributed by atoms with van der Waals surface area (Å²) in [6, 6.07) is 11.3. The van der Waals surface area contributed by atoms with E-state index in [1.54, 1.807) is 43.3 Å². The summed E-state index contributed by atoms with van der Waals surface area (Å²) in [5.41, 5.74) is 2.03. The zero-order chi connectivity index (χ0) is 13.8. The molecule has 0 saturated carbocycles. The molecule has 0 atom stereocenters. The minimum absolute atomic E-state index is 0.165. The van der Waals surface area contributed by atoms with Gasteiger partial charge >= 0.3 is 6.03 Å². The summed E-state index contributed by atoms with van der Waals surface area (Å²) < 4.78 is 0. The number of hydrogen-bond donors (Lipinski definition) is 3. The molecule has 2 amide bonds. The quantitative estimate of drug-likeness (QED) is 0.726. The number of benzene rings is 2. The third-order valence-corrected chi connectivity index (χ3v) is 2.78. The SMILES string of the molecule is Cc1cc(O)ccc1NC(=O)Nc1cccc(Cl)c1. The Morgan fingerprint density at radius 2 is 1.95 bits per heavy atom. The van der Waals surface area contributed by atoms with E-state index in [0.717, 1.165) is 5.56 Å². The number of phenolic OH excluding ortho intramolecular Hbond substituents is 1. The average Bonchev–Trinajstić information content (AvgIpc) is 2.33. The van der Waals surface area contributed by atoms with Crippen molar-refractivity contribution in [1.82, 2.24) is 0 Å². The van der Waals surface area contributed by atoms with E-state index in [2.05, 4.69) is 10.6 Å². The first-order valence-corrected chi connectivity index (χ1v) is 6.05. The third-order valence-electron chi connectivity index (χ3n) is 2.54. The summed E-state index contributed by atoms with van der Waals surface area (Å²) in [6.45, 7) is 1.80. The molecule has 0 spiro atoms. The first kappa shape index (κ1) is 13.2. The fourth-order valence-corrected chi connectivity index (χ4v) is 1.83. The number of aryl methyl sites for hydroxylation is 1. The molecule has 3 N–H and O–H groups in total. The van der Waals surface area contributed by atoms with Gasteiger partial charge in [0.05, 0.1) is 0 Å². The van der Waals surface area contributed by atoms with Crippen molar-refractivity contribution < 1.29 is 9.90 Å². The maximum absolute atomic E-state index is 11.8. The van der Waals surface area contributed by atoms with Crippen LogP contribution in [0.25, 0.3) is 0 Å². The number of urea groups is 1. The number of amides is 2. The summed E-state index contributed by atoms with van der Waals surface area (Å²) in [5, 5.41) is 15.2.